The molecule has 0 atom stereocenters. The molecular weight excluding hydrogens is 208 g/mol. The minimum Gasteiger partial charge on any atom is -0.325 e. The van der Waals surface area contributed by atoms with Crippen molar-refractivity contribution >= 4 is 5.69 Å². The van der Waals surface area contributed by atoms with Crippen LogP contribution in [-0.4, -0.2) is 9.91 Å². The standard InChI is InChI=1S/C8H9F2N3O2/c1-4-2-6(13(14)15)7(8(9)10)12-5(4)3-11/h2,8H,3,11H2,1H3. The Morgan fingerprint density at radius 1 is 1.67 bits per heavy atom. The number of nitrogens with two attached hydrogens (primary N) is 1. The van der Waals surface area contributed by atoms with Crippen LogP contribution in [0.4, 0.5) is 14.5 Å². The van der Waals surface area contributed by atoms with E-state index in [4.69, 9.17) is 5.73 Å². The zero-order valence-corrected chi connectivity index (χ0v) is 7.91. The summed E-state index contributed by atoms with van der Waals surface area (Å²) in [6.07, 6.45) is -2.98. The van der Waals surface area contributed by atoms with Crippen molar-refractivity contribution in [1.29, 1.82) is 0 Å². The third kappa shape index (κ3) is 2.24. The second-order valence-corrected chi connectivity index (χ2v) is 2.92. The van der Waals surface area contributed by atoms with Gasteiger partial charge in [-0.1, -0.05) is 0 Å². The van der Waals surface area contributed by atoms with Crippen LogP contribution in [-0.2, 0) is 6.54 Å². The molecule has 0 saturated carbocycles. The molecule has 5 nitrogen and oxygen atoms in total. The Morgan fingerprint density at radius 2 is 2.27 bits per heavy atom. The lowest BCUT2D eigenvalue weighted by Crippen LogP contribution is -2.08. The van der Waals surface area contributed by atoms with Gasteiger partial charge in [0.25, 0.3) is 12.1 Å². The fourth-order valence-corrected chi connectivity index (χ4v) is 1.17. The number of hydrogen-bond donors (Lipinski definition) is 1. The van der Waals surface area contributed by atoms with Crippen molar-refractivity contribution in [2.75, 3.05) is 0 Å². The van der Waals surface area contributed by atoms with Crippen LogP contribution in [0.5, 0.6) is 0 Å². The SMILES string of the molecule is Cc1cc([N+](=O)[O-])c(C(F)F)nc1CN. The fourth-order valence-electron chi connectivity index (χ4n) is 1.17. The van der Waals surface area contributed by atoms with Crippen LogP contribution in [0.1, 0.15) is 23.4 Å². The predicted molar refractivity (Wildman–Crippen MR) is 48.5 cm³/mol. The summed E-state index contributed by atoms with van der Waals surface area (Å²) in [7, 11) is 0. The summed E-state index contributed by atoms with van der Waals surface area (Å²) >= 11 is 0. The number of nitrogens with zero attached hydrogens (tertiary/aromatic N) is 2. The van der Waals surface area contributed by atoms with Crippen molar-refractivity contribution < 1.29 is 13.7 Å². The topological polar surface area (TPSA) is 82.0 Å². The number of alkyl halides is 2. The number of nitro groups is 1. The van der Waals surface area contributed by atoms with Gasteiger partial charge in [0.05, 0.1) is 10.6 Å². The summed E-state index contributed by atoms with van der Waals surface area (Å²) in [5.41, 5.74) is 4.46. The van der Waals surface area contributed by atoms with E-state index in [1.165, 1.54) is 6.92 Å². The molecule has 2 N–H and O–H groups in total. The lowest BCUT2D eigenvalue weighted by Gasteiger charge is -2.06. The van der Waals surface area contributed by atoms with Gasteiger partial charge >= 0.3 is 0 Å². The highest BCUT2D eigenvalue weighted by molar-refractivity contribution is 5.41. The molecule has 0 aromatic carbocycles. The quantitative estimate of drug-likeness (QED) is 0.617. The van der Waals surface area contributed by atoms with E-state index in [0.717, 1.165) is 6.07 Å². The second kappa shape index (κ2) is 4.26. The summed E-state index contributed by atoms with van der Waals surface area (Å²) in [6.45, 7) is 1.51. The van der Waals surface area contributed by atoms with Gasteiger partial charge in [0.1, 0.15) is 0 Å². The maximum atomic E-state index is 12.4. The van der Waals surface area contributed by atoms with E-state index in [9.17, 15) is 18.9 Å². The van der Waals surface area contributed by atoms with Crippen molar-refractivity contribution in [1.82, 2.24) is 4.98 Å². The molecule has 1 heterocycles. The Bertz CT molecular complexity index is 396. The predicted octanol–water partition coefficient (Wildman–Crippen LogP) is 1.69. The van der Waals surface area contributed by atoms with Gasteiger partial charge in [-0.15, -0.1) is 0 Å². The van der Waals surface area contributed by atoms with E-state index < -0.39 is 22.7 Å². The Kier molecular flexibility index (Phi) is 3.25. The lowest BCUT2D eigenvalue weighted by atomic mass is 10.1. The van der Waals surface area contributed by atoms with Crippen molar-refractivity contribution in [2.24, 2.45) is 5.73 Å². The van der Waals surface area contributed by atoms with Gasteiger partial charge in [-0.2, -0.15) is 0 Å². The highest BCUT2D eigenvalue weighted by Crippen LogP contribution is 2.28. The van der Waals surface area contributed by atoms with E-state index in [1.807, 2.05) is 0 Å². The fraction of sp³-hybridized carbons (Fsp3) is 0.375. The van der Waals surface area contributed by atoms with Crippen LogP contribution < -0.4 is 5.73 Å². The van der Waals surface area contributed by atoms with Crippen LogP contribution in [0.2, 0.25) is 0 Å². The first-order valence-electron chi connectivity index (χ1n) is 4.10. The molecule has 0 aliphatic heterocycles. The third-order valence-corrected chi connectivity index (χ3v) is 1.92. The van der Waals surface area contributed by atoms with Gasteiger partial charge in [0.15, 0.2) is 5.69 Å². The zero-order chi connectivity index (χ0) is 11.6. The summed E-state index contributed by atoms with van der Waals surface area (Å²) in [6, 6.07) is 1.07. The largest absolute Gasteiger partial charge is 0.325 e. The van der Waals surface area contributed by atoms with E-state index in [2.05, 4.69) is 4.98 Å². The van der Waals surface area contributed by atoms with Crippen LogP contribution in [0.3, 0.4) is 0 Å². The van der Waals surface area contributed by atoms with Crippen molar-refractivity contribution in [3.8, 4) is 0 Å². The highest BCUT2D eigenvalue weighted by Gasteiger charge is 2.24. The van der Waals surface area contributed by atoms with Crippen LogP contribution in [0.25, 0.3) is 0 Å². The molecule has 0 unspecified atom stereocenters. The first-order chi connectivity index (χ1) is 6.97. The first-order valence-corrected chi connectivity index (χ1v) is 4.10. The van der Waals surface area contributed by atoms with E-state index in [-0.39, 0.29) is 12.2 Å². The number of pyridine rings is 1. The molecule has 15 heavy (non-hydrogen) atoms. The minimum atomic E-state index is -2.98. The van der Waals surface area contributed by atoms with Crippen LogP contribution >= 0.6 is 0 Å². The number of aryl methyl sites for hydroxylation is 1. The van der Waals surface area contributed by atoms with Gasteiger partial charge in [0, 0.05) is 12.6 Å². The summed E-state index contributed by atoms with van der Waals surface area (Å²) < 4.78 is 24.9. The Hall–Kier alpha value is -1.63. The van der Waals surface area contributed by atoms with Gasteiger partial charge < -0.3 is 5.73 Å². The average Bonchev–Trinajstić information content (AvgIpc) is 2.16. The molecule has 1 rings (SSSR count). The number of rotatable bonds is 3. The molecular formula is C8H9F2N3O2. The molecule has 0 amide bonds. The molecule has 1 aromatic rings. The van der Waals surface area contributed by atoms with Gasteiger partial charge in [-0.05, 0) is 12.5 Å². The third-order valence-electron chi connectivity index (χ3n) is 1.92. The first kappa shape index (κ1) is 11.4. The van der Waals surface area contributed by atoms with E-state index in [0.29, 0.717) is 5.56 Å². The van der Waals surface area contributed by atoms with Gasteiger partial charge in [0.2, 0.25) is 0 Å². The Morgan fingerprint density at radius 3 is 2.67 bits per heavy atom. The number of halogens is 2. The molecule has 0 spiro atoms. The molecule has 82 valence electrons. The zero-order valence-electron chi connectivity index (χ0n) is 7.91. The molecule has 0 saturated heterocycles. The molecule has 1 aromatic heterocycles. The van der Waals surface area contributed by atoms with Crippen LogP contribution in [0, 0.1) is 17.0 Å². The molecule has 0 radical (unpaired) electrons. The maximum absolute atomic E-state index is 12.4. The number of aromatic nitrogens is 1. The normalized spacial score (nSPS) is 10.7. The van der Waals surface area contributed by atoms with Gasteiger partial charge in [-0.3, -0.25) is 10.1 Å². The molecule has 0 aliphatic rings. The lowest BCUT2D eigenvalue weighted by molar-refractivity contribution is -0.386. The Balaban J connectivity index is 3.38. The molecule has 0 bridgehead atoms. The second-order valence-electron chi connectivity index (χ2n) is 2.92. The van der Waals surface area contributed by atoms with Crippen molar-refractivity contribution in [2.45, 2.75) is 19.9 Å². The van der Waals surface area contributed by atoms with Crippen LogP contribution in [0.15, 0.2) is 6.07 Å². The van der Waals surface area contributed by atoms with Crippen molar-refractivity contribution in [3.63, 3.8) is 0 Å². The van der Waals surface area contributed by atoms with E-state index in [1.54, 1.807) is 0 Å². The highest BCUT2D eigenvalue weighted by atomic mass is 19.3. The molecule has 7 heteroatoms. The monoisotopic (exact) mass is 217 g/mol. The minimum absolute atomic E-state index is 0.0243. The molecule has 0 aliphatic carbocycles. The molecule has 0 fully saturated rings. The van der Waals surface area contributed by atoms with Gasteiger partial charge in [-0.25, -0.2) is 13.8 Å². The smallest absolute Gasteiger partial charge is 0.296 e. The summed E-state index contributed by atoms with van der Waals surface area (Å²) in [5.74, 6) is 0. The number of hydrogen-bond acceptors (Lipinski definition) is 4. The maximum Gasteiger partial charge on any atom is 0.296 e. The van der Waals surface area contributed by atoms with E-state index >= 15 is 0 Å². The average molecular weight is 217 g/mol. The van der Waals surface area contributed by atoms with Crippen molar-refractivity contribution in [3.05, 3.63) is 33.1 Å². The Labute approximate surface area is 84.1 Å². The summed E-state index contributed by atoms with van der Waals surface area (Å²) in [5, 5.41) is 10.5. The summed E-state index contributed by atoms with van der Waals surface area (Å²) in [4.78, 5) is 13.1.